The Balaban J connectivity index is 1.66. The number of piperazine rings is 1. The summed E-state index contributed by atoms with van der Waals surface area (Å²) in [4.78, 5) is 2.16. The SMILES string of the molecule is CC1CC(C)CN(S(=O)(=O)N2CCN(c3ccccc3Cl)CC2)C1. The molecule has 1 aromatic carbocycles. The van der Waals surface area contributed by atoms with Crippen molar-refractivity contribution in [1.29, 1.82) is 0 Å². The first kappa shape index (κ1) is 18.0. The minimum atomic E-state index is -3.36. The maximum Gasteiger partial charge on any atom is 0.282 e. The predicted molar refractivity (Wildman–Crippen MR) is 98.7 cm³/mol. The van der Waals surface area contributed by atoms with Crippen molar-refractivity contribution in [1.82, 2.24) is 8.61 Å². The molecule has 2 saturated heterocycles. The lowest BCUT2D eigenvalue weighted by Crippen LogP contribution is -2.55. The molecule has 2 unspecified atom stereocenters. The van der Waals surface area contributed by atoms with Gasteiger partial charge in [-0.05, 0) is 30.4 Å². The minimum absolute atomic E-state index is 0.424. The van der Waals surface area contributed by atoms with E-state index >= 15 is 0 Å². The third-order valence-corrected chi connectivity index (χ3v) is 7.21. The molecule has 0 spiro atoms. The topological polar surface area (TPSA) is 43.9 Å². The number of hydrogen-bond donors (Lipinski definition) is 0. The Hall–Kier alpha value is -0.820. The number of nitrogens with zero attached hydrogens (tertiary/aromatic N) is 3. The lowest BCUT2D eigenvalue weighted by Gasteiger charge is -2.40. The maximum atomic E-state index is 12.9. The molecule has 0 bridgehead atoms. The third kappa shape index (κ3) is 3.72. The fraction of sp³-hybridized carbons (Fsp3) is 0.647. The second-order valence-electron chi connectivity index (χ2n) is 7.11. The quantitative estimate of drug-likeness (QED) is 0.820. The molecule has 2 fully saturated rings. The Bertz CT molecular complexity index is 664. The van der Waals surface area contributed by atoms with Crippen LogP contribution in [0.15, 0.2) is 24.3 Å². The van der Waals surface area contributed by atoms with E-state index in [-0.39, 0.29) is 0 Å². The number of benzene rings is 1. The highest BCUT2D eigenvalue weighted by Crippen LogP contribution is 2.28. The van der Waals surface area contributed by atoms with Gasteiger partial charge < -0.3 is 4.90 Å². The zero-order valence-electron chi connectivity index (χ0n) is 14.4. The van der Waals surface area contributed by atoms with E-state index < -0.39 is 10.2 Å². The average Bonchev–Trinajstić information content (AvgIpc) is 2.54. The van der Waals surface area contributed by atoms with Gasteiger partial charge in [0.2, 0.25) is 0 Å². The molecule has 0 saturated carbocycles. The summed E-state index contributed by atoms with van der Waals surface area (Å²) < 4.78 is 29.2. The van der Waals surface area contributed by atoms with Gasteiger partial charge in [0.05, 0.1) is 10.7 Å². The third-order valence-electron chi connectivity index (χ3n) is 4.92. The van der Waals surface area contributed by atoms with Crippen molar-refractivity contribution >= 4 is 27.5 Å². The maximum absolute atomic E-state index is 12.9. The van der Waals surface area contributed by atoms with E-state index in [1.165, 1.54) is 0 Å². The van der Waals surface area contributed by atoms with E-state index in [0.29, 0.717) is 56.1 Å². The number of hydrogen-bond acceptors (Lipinski definition) is 3. The van der Waals surface area contributed by atoms with Crippen LogP contribution < -0.4 is 4.90 Å². The number of rotatable bonds is 3. The van der Waals surface area contributed by atoms with Crippen LogP contribution in [0.4, 0.5) is 5.69 Å². The first-order chi connectivity index (χ1) is 11.4. The highest BCUT2D eigenvalue weighted by atomic mass is 35.5. The molecule has 3 rings (SSSR count). The second kappa shape index (κ2) is 7.20. The average molecular weight is 372 g/mol. The Morgan fingerprint density at radius 3 is 2.12 bits per heavy atom. The monoisotopic (exact) mass is 371 g/mol. The van der Waals surface area contributed by atoms with Gasteiger partial charge in [-0.25, -0.2) is 0 Å². The molecule has 24 heavy (non-hydrogen) atoms. The minimum Gasteiger partial charge on any atom is -0.368 e. The van der Waals surface area contributed by atoms with Crippen molar-refractivity contribution in [2.75, 3.05) is 44.2 Å². The van der Waals surface area contributed by atoms with Crippen molar-refractivity contribution in [2.45, 2.75) is 20.3 Å². The van der Waals surface area contributed by atoms with Crippen molar-refractivity contribution in [2.24, 2.45) is 11.8 Å². The van der Waals surface area contributed by atoms with Crippen LogP contribution in [0.25, 0.3) is 0 Å². The fourth-order valence-electron chi connectivity index (χ4n) is 3.83. The van der Waals surface area contributed by atoms with Crippen LogP contribution in [-0.4, -0.2) is 56.3 Å². The van der Waals surface area contributed by atoms with Crippen molar-refractivity contribution in [3.05, 3.63) is 29.3 Å². The highest BCUT2D eigenvalue weighted by molar-refractivity contribution is 7.86. The van der Waals surface area contributed by atoms with Gasteiger partial charge in [-0.3, -0.25) is 0 Å². The molecular formula is C17H26ClN3O2S. The summed E-state index contributed by atoms with van der Waals surface area (Å²) in [6, 6.07) is 7.73. The molecule has 2 heterocycles. The van der Waals surface area contributed by atoms with Gasteiger partial charge in [-0.15, -0.1) is 0 Å². The smallest absolute Gasteiger partial charge is 0.282 e. The first-order valence-electron chi connectivity index (χ1n) is 8.62. The molecule has 134 valence electrons. The van der Waals surface area contributed by atoms with Crippen LogP contribution in [0.1, 0.15) is 20.3 Å². The van der Waals surface area contributed by atoms with Gasteiger partial charge in [0.25, 0.3) is 10.2 Å². The normalized spacial score (nSPS) is 27.4. The van der Waals surface area contributed by atoms with Crippen LogP contribution in [-0.2, 0) is 10.2 Å². The Morgan fingerprint density at radius 1 is 0.958 bits per heavy atom. The summed E-state index contributed by atoms with van der Waals surface area (Å²) in [5.74, 6) is 0.848. The summed E-state index contributed by atoms with van der Waals surface area (Å²) in [5, 5.41) is 0.715. The van der Waals surface area contributed by atoms with Gasteiger partial charge >= 0.3 is 0 Å². The standard InChI is InChI=1S/C17H26ClN3O2S/c1-14-11-15(2)13-21(12-14)24(22,23)20-9-7-19(8-10-20)17-6-4-3-5-16(17)18/h3-6,14-15H,7-13H2,1-2H3. The fourth-order valence-corrected chi connectivity index (χ4v) is 5.92. The summed E-state index contributed by atoms with van der Waals surface area (Å²) in [7, 11) is -3.36. The van der Waals surface area contributed by atoms with Crippen LogP contribution in [0.3, 0.4) is 0 Å². The van der Waals surface area contributed by atoms with Crippen molar-refractivity contribution < 1.29 is 8.42 Å². The zero-order valence-corrected chi connectivity index (χ0v) is 15.9. The summed E-state index contributed by atoms with van der Waals surface area (Å²) >= 11 is 6.26. The zero-order chi connectivity index (χ0) is 17.3. The first-order valence-corrected chi connectivity index (χ1v) is 10.4. The van der Waals surface area contributed by atoms with E-state index in [4.69, 9.17) is 11.6 Å². The van der Waals surface area contributed by atoms with Crippen LogP contribution in [0, 0.1) is 11.8 Å². The van der Waals surface area contributed by atoms with Gasteiger partial charge in [0, 0.05) is 39.3 Å². The van der Waals surface area contributed by atoms with Crippen molar-refractivity contribution in [3.8, 4) is 0 Å². The van der Waals surface area contributed by atoms with E-state index in [2.05, 4.69) is 18.7 Å². The van der Waals surface area contributed by atoms with E-state index in [9.17, 15) is 8.42 Å². The molecule has 5 nitrogen and oxygen atoms in total. The van der Waals surface area contributed by atoms with Gasteiger partial charge in [-0.2, -0.15) is 17.0 Å². The number of piperidine rings is 1. The Labute approximate surface area is 150 Å². The molecule has 2 aliphatic rings. The second-order valence-corrected chi connectivity index (χ2v) is 9.44. The molecule has 2 atom stereocenters. The molecule has 0 N–H and O–H groups in total. The lowest BCUT2D eigenvalue weighted by atomic mass is 9.94. The molecule has 0 aromatic heterocycles. The molecule has 0 amide bonds. The highest BCUT2D eigenvalue weighted by Gasteiger charge is 2.36. The van der Waals surface area contributed by atoms with Crippen LogP contribution >= 0.6 is 11.6 Å². The number of anilines is 1. The number of halogens is 1. The van der Waals surface area contributed by atoms with Crippen LogP contribution in [0.2, 0.25) is 5.02 Å². The van der Waals surface area contributed by atoms with E-state index in [1.54, 1.807) is 8.61 Å². The number of para-hydroxylation sites is 1. The summed E-state index contributed by atoms with van der Waals surface area (Å²) in [6.45, 7) is 7.89. The molecule has 0 aliphatic carbocycles. The van der Waals surface area contributed by atoms with Gasteiger partial charge in [0.15, 0.2) is 0 Å². The summed E-state index contributed by atoms with van der Waals surface area (Å²) in [6.07, 6.45) is 1.10. The molecular weight excluding hydrogens is 346 g/mol. The molecule has 0 radical (unpaired) electrons. The van der Waals surface area contributed by atoms with E-state index in [0.717, 1.165) is 12.1 Å². The van der Waals surface area contributed by atoms with Gasteiger partial charge in [0.1, 0.15) is 0 Å². The predicted octanol–water partition coefficient (Wildman–Crippen LogP) is 2.68. The lowest BCUT2D eigenvalue weighted by molar-refractivity contribution is 0.207. The van der Waals surface area contributed by atoms with Crippen molar-refractivity contribution in [3.63, 3.8) is 0 Å². The molecule has 1 aromatic rings. The Kier molecular flexibility index (Phi) is 5.39. The molecule has 2 aliphatic heterocycles. The van der Waals surface area contributed by atoms with Gasteiger partial charge in [-0.1, -0.05) is 37.6 Å². The molecule has 7 heteroatoms. The Morgan fingerprint density at radius 2 is 1.54 bits per heavy atom. The van der Waals surface area contributed by atoms with Crippen LogP contribution in [0.5, 0.6) is 0 Å². The van der Waals surface area contributed by atoms with E-state index in [1.807, 2.05) is 24.3 Å². The largest absolute Gasteiger partial charge is 0.368 e. The summed E-state index contributed by atoms with van der Waals surface area (Å²) in [5.41, 5.74) is 0.983.